The van der Waals surface area contributed by atoms with Crippen molar-refractivity contribution in [2.45, 2.75) is 37.6 Å². The van der Waals surface area contributed by atoms with Crippen molar-refractivity contribution in [3.63, 3.8) is 0 Å². The highest BCUT2D eigenvalue weighted by molar-refractivity contribution is 5.94. The molecule has 1 amide bonds. The van der Waals surface area contributed by atoms with Crippen molar-refractivity contribution in [1.29, 1.82) is 0 Å². The molecular formula is C19H29N3O5. The first-order chi connectivity index (χ1) is 13.2. The highest BCUT2D eigenvalue weighted by Gasteiger charge is 2.37. The summed E-state index contributed by atoms with van der Waals surface area (Å²) in [6.45, 7) is 6.46. The lowest BCUT2D eigenvalue weighted by molar-refractivity contribution is -0.0566. The molecule has 0 radical (unpaired) electrons. The lowest BCUT2D eigenvalue weighted by Crippen LogP contribution is -2.46. The third kappa shape index (κ3) is 4.70. The Morgan fingerprint density at radius 1 is 1.30 bits per heavy atom. The van der Waals surface area contributed by atoms with Crippen LogP contribution in [-0.2, 0) is 16.0 Å². The summed E-state index contributed by atoms with van der Waals surface area (Å²) in [4.78, 5) is 17.2. The average molecular weight is 379 g/mol. The predicted molar refractivity (Wildman–Crippen MR) is 97.5 cm³/mol. The summed E-state index contributed by atoms with van der Waals surface area (Å²) >= 11 is 0. The van der Waals surface area contributed by atoms with Crippen LogP contribution in [0.5, 0.6) is 0 Å². The van der Waals surface area contributed by atoms with Crippen molar-refractivity contribution in [1.82, 2.24) is 15.1 Å². The van der Waals surface area contributed by atoms with Gasteiger partial charge in [0.25, 0.3) is 5.91 Å². The van der Waals surface area contributed by atoms with E-state index in [-0.39, 0.29) is 24.7 Å². The van der Waals surface area contributed by atoms with Crippen molar-refractivity contribution in [2.24, 2.45) is 0 Å². The number of rotatable bonds is 6. The van der Waals surface area contributed by atoms with Gasteiger partial charge in [-0.15, -0.1) is 0 Å². The van der Waals surface area contributed by atoms with Crippen LogP contribution in [0, 0.1) is 0 Å². The molecule has 3 aliphatic heterocycles. The van der Waals surface area contributed by atoms with E-state index in [0.29, 0.717) is 31.2 Å². The van der Waals surface area contributed by atoms with E-state index in [1.807, 2.05) is 6.07 Å². The van der Waals surface area contributed by atoms with Gasteiger partial charge >= 0.3 is 0 Å². The van der Waals surface area contributed by atoms with Crippen molar-refractivity contribution in [2.75, 3.05) is 52.6 Å². The van der Waals surface area contributed by atoms with E-state index >= 15 is 0 Å². The minimum Gasteiger partial charge on any atom is -0.467 e. The maximum atomic E-state index is 12.6. The first kappa shape index (κ1) is 18.9. The average Bonchev–Trinajstić information content (AvgIpc) is 3.29. The maximum absolute atomic E-state index is 12.6. The van der Waals surface area contributed by atoms with Crippen molar-refractivity contribution >= 4 is 5.91 Å². The quantitative estimate of drug-likeness (QED) is 0.723. The fourth-order valence-corrected chi connectivity index (χ4v) is 4.20. The Balaban J connectivity index is 1.27. The van der Waals surface area contributed by atoms with E-state index < -0.39 is 0 Å². The molecule has 1 aromatic heterocycles. The molecule has 27 heavy (non-hydrogen) atoms. The van der Waals surface area contributed by atoms with Crippen LogP contribution in [-0.4, -0.2) is 91.6 Å². The summed E-state index contributed by atoms with van der Waals surface area (Å²) in [5.41, 5.74) is 0.581. The number of carbonyl (C=O) groups excluding carboxylic acids is 1. The molecule has 3 saturated heterocycles. The molecule has 0 saturated carbocycles. The van der Waals surface area contributed by atoms with E-state index in [9.17, 15) is 4.79 Å². The molecule has 150 valence electrons. The first-order valence-corrected chi connectivity index (χ1v) is 9.86. The maximum Gasteiger partial charge on any atom is 0.254 e. The van der Waals surface area contributed by atoms with E-state index in [1.54, 1.807) is 6.26 Å². The van der Waals surface area contributed by atoms with E-state index in [1.165, 1.54) is 0 Å². The van der Waals surface area contributed by atoms with Gasteiger partial charge in [-0.3, -0.25) is 14.6 Å². The molecule has 4 rings (SSSR count). The Morgan fingerprint density at radius 2 is 2.15 bits per heavy atom. The second kappa shape index (κ2) is 8.70. The largest absolute Gasteiger partial charge is 0.467 e. The molecule has 0 unspecified atom stereocenters. The second-order valence-electron chi connectivity index (χ2n) is 7.67. The summed E-state index contributed by atoms with van der Waals surface area (Å²) in [6, 6.07) is 2.32. The number of ether oxygens (including phenoxy) is 2. The lowest BCUT2D eigenvalue weighted by atomic mass is 10.1. The number of aliphatic hydroxyl groups excluding tert-OH is 1. The third-order valence-corrected chi connectivity index (χ3v) is 5.68. The van der Waals surface area contributed by atoms with Crippen LogP contribution >= 0.6 is 0 Å². The van der Waals surface area contributed by atoms with Gasteiger partial charge in [-0.1, -0.05) is 0 Å². The Labute approximate surface area is 159 Å². The van der Waals surface area contributed by atoms with Crippen molar-refractivity contribution in [3.8, 4) is 0 Å². The highest BCUT2D eigenvalue weighted by Crippen LogP contribution is 2.24. The highest BCUT2D eigenvalue weighted by atomic mass is 16.5. The molecule has 3 atom stereocenters. The van der Waals surface area contributed by atoms with Crippen LogP contribution in [0.15, 0.2) is 16.7 Å². The molecule has 1 aromatic rings. The first-order valence-electron chi connectivity index (χ1n) is 9.86. The van der Waals surface area contributed by atoms with Crippen molar-refractivity contribution < 1.29 is 23.8 Å². The normalized spacial score (nSPS) is 29.6. The zero-order valence-electron chi connectivity index (χ0n) is 15.6. The standard InChI is InChI=1S/C19H29N3O5/c23-4-1-17-11-22-9-15(8-16(22)13-27-17)20-19(24)14-7-18(26-12-14)10-21-2-5-25-6-3-21/h7,12,15-17,23H,1-6,8-11,13H2,(H,20,24)/t15-,16+,17+/m1/s1. The second-order valence-corrected chi connectivity index (χ2v) is 7.67. The molecule has 4 heterocycles. The van der Waals surface area contributed by atoms with Gasteiger partial charge in [0, 0.05) is 44.9 Å². The molecule has 0 aliphatic carbocycles. The van der Waals surface area contributed by atoms with Gasteiger partial charge in [-0.2, -0.15) is 0 Å². The molecule has 8 heteroatoms. The number of aliphatic hydroxyl groups is 1. The van der Waals surface area contributed by atoms with Gasteiger partial charge in [-0.25, -0.2) is 0 Å². The number of fused-ring (bicyclic) bond motifs is 1. The minimum atomic E-state index is -0.0790. The van der Waals surface area contributed by atoms with E-state index in [2.05, 4.69) is 15.1 Å². The summed E-state index contributed by atoms with van der Waals surface area (Å²) < 4.78 is 16.7. The fourth-order valence-electron chi connectivity index (χ4n) is 4.20. The SMILES string of the molecule is O=C(N[C@@H]1C[C@H]2CO[C@@H](CCO)CN2C1)c1coc(CN2CCOCC2)c1. The van der Waals surface area contributed by atoms with Gasteiger partial charge in [0.05, 0.1) is 38.0 Å². The Hall–Kier alpha value is -1.45. The number of nitrogens with zero attached hydrogens (tertiary/aromatic N) is 2. The Morgan fingerprint density at radius 3 is 2.96 bits per heavy atom. The molecule has 8 nitrogen and oxygen atoms in total. The van der Waals surface area contributed by atoms with E-state index in [4.69, 9.17) is 19.0 Å². The fraction of sp³-hybridized carbons (Fsp3) is 0.737. The van der Waals surface area contributed by atoms with Crippen LogP contribution in [0.25, 0.3) is 0 Å². The monoisotopic (exact) mass is 379 g/mol. The lowest BCUT2D eigenvalue weighted by Gasteiger charge is -2.34. The van der Waals surface area contributed by atoms with Gasteiger partial charge in [0.15, 0.2) is 0 Å². The number of hydrogen-bond donors (Lipinski definition) is 2. The molecule has 0 spiro atoms. The Bertz CT molecular complexity index is 631. The van der Waals surface area contributed by atoms with E-state index in [0.717, 1.165) is 51.6 Å². The molecule has 3 fully saturated rings. The molecule has 0 bridgehead atoms. The van der Waals surface area contributed by atoms with Gasteiger partial charge in [0.2, 0.25) is 0 Å². The molecule has 3 aliphatic rings. The minimum absolute atomic E-state index is 0.0790. The Kier molecular flexibility index (Phi) is 6.09. The summed E-state index contributed by atoms with van der Waals surface area (Å²) in [5, 5.41) is 12.2. The molecule has 0 aromatic carbocycles. The number of amides is 1. The predicted octanol–water partition coefficient (Wildman–Crippen LogP) is 0.0657. The molecule has 2 N–H and O–H groups in total. The van der Waals surface area contributed by atoms with Gasteiger partial charge in [0.1, 0.15) is 12.0 Å². The van der Waals surface area contributed by atoms with Crippen LogP contribution in [0.4, 0.5) is 0 Å². The number of nitrogens with one attached hydrogen (secondary N) is 1. The summed E-state index contributed by atoms with van der Waals surface area (Å²) in [6.07, 6.45) is 3.21. The zero-order valence-corrected chi connectivity index (χ0v) is 15.6. The number of morpholine rings is 2. The zero-order chi connectivity index (χ0) is 18.6. The van der Waals surface area contributed by atoms with Crippen LogP contribution in [0.3, 0.4) is 0 Å². The number of furan rings is 1. The van der Waals surface area contributed by atoms with Crippen LogP contribution in [0.1, 0.15) is 29.0 Å². The molecular weight excluding hydrogens is 350 g/mol. The number of carbonyl (C=O) groups is 1. The number of hydrogen-bond acceptors (Lipinski definition) is 7. The van der Waals surface area contributed by atoms with Gasteiger partial charge < -0.3 is 24.3 Å². The van der Waals surface area contributed by atoms with Crippen LogP contribution in [0.2, 0.25) is 0 Å². The topological polar surface area (TPSA) is 87.4 Å². The third-order valence-electron chi connectivity index (χ3n) is 5.68. The summed E-state index contributed by atoms with van der Waals surface area (Å²) in [5.74, 6) is 0.732. The summed E-state index contributed by atoms with van der Waals surface area (Å²) in [7, 11) is 0. The van der Waals surface area contributed by atoms with Crippen molar-refractivity contribution in [3.05, 3.63) is 23.7 Å². The smallest absolute Gasteiger partial charge is 0.254 e. The van der Waals surface area contributed by atoms with Gasteiger partial charge in [-0.05, 0) is 18.9 Å². The van der Waals surface area contributed by atoms with Crippen LogP contribution < -0.4 is 5.32 Å².